The van der Waals surface area contributed by atoms with E-state index in [1.54, 1.807) is 22.7 Å². The van der Waals surface area contributed by atoms with Gasteiger partial charge >= 0.3 is 0 Å². The SMILES string of the molecule is CNCC1(c2csc(-c3sccc3C)n2)CC1. The highest BCUT2D eigenvalue weighted by atomic mass is 32.1. The molecule has 2 aromatic heterocycles. The number of thiophene rings is 1. The van der Waals surface area contributed by atoms with Crippen LogP contribution in [0.1, 0.15) is 24.1 Å². The summed E-state index contributed by atoms with van der Waals surface area (Å²) in [5.41, 5.74) is 2.98. The standard InChI is InChI=1S/C13H16N2S2/c1-9-3-6-16-11(9)12-15-10(7-17-12)13(4-5-13)8-14-2/h3,6-7,14H,4-5,8H2,1-2H3. The van der Waals surface area contributed by atoms with Crippen LogP contribution < -0.4 is 5.32 Å². The predicted octanol–water partition coefficient (Wildman–Crippen LogP) is 3.43. The number of rotatable bonds is 4. The van der Waals surface area contributed by atoms with E-state index in [9.17, 15) is 0 Å². The molecule has 0 spiro atoms. The van der Waals surface area contributed by atoms with E-state index in [0.717, 1.165) is 6.54 Å². The molecule has 17 heavy (non-hydrogen) atoms. The molecule has 1 saturated carbocycles. The second-order valence-electron chi connectivity index (χ2n) is 4.78. The quantitative estimate of drug-likeness (QED) is 0.915. The van der Waals surface area contributed by atoms with Gasteiger partial charge in [0.25, 0.3) is 0 Å². The topological polar surface area (TPSA) is 24.9 Å². The maximum absolute atomic E-state index is 4.86. The van der Waals surface area contributed by atoms with Crippen molar-refractivity contribution in [2.45, 2.75) is 25.2 Å². The minimum Gasteiger partial charge on any atom is -0.319 e. The zero-order valence-corrected chi connectivity index (χ0v) is 11.8. The summed E-state index contributed by atoms with van der Waals surface area (Å²) >= 11 is 3.58. The molecule has 4 heteroatoms. The molecule has 90 valence electrons. The first-order valence-corrected chi connectivity index (χ1v) is 7.66. The van der Waals surface area contributed by atoms with E-state index in [1.165, 1.54) is 34.0 Å². The molecule has 1 fully saturated rings. The number of nitrogens with one attached hydrogen (secondary N) is 1. The molecular weight excluding hydrogens is 248 g/mol. The summed E-state index contributed by atoms with van der Waals surface area (Å²) in [5.74, 6) is 0. The van der Waals surface area contributed by atoms with E-state index in [1.807, 2.05) is 7.05 Å². The van der Waals surface area contributed by atoms with Crippen molar-refractivity contribution < 1.29 is 0 Å². The molecule has 0 radical (unpaired) electrons. The summed E-state index contributed by atoms with van der Waals surface area (Å²) in [5, 5.41) is 8.88. The Morgan fingerprint density at radius 2 is 2.24 bits per heavy atom. The monoisotopic (exact) mass is 264 g/mol. The van der Waals surface area contributed by atoms with Crippen LogP contribution in [0.15, 0.2) is 16.8 Å². The molecule has 0 aromatic carbocycles. The van der Waals surface area contributed by atoms with Crippen LogP contribution in [0, 0.1) is 6.92 Å². The van der Waals surface area contributed by atoms with Gasteiger partial charge in [0.05, 0.1) is 10.6 Å². The average Bonchev–Trinajstić information content (AvgIpc) is 2.77. The summed E-state index contributed by atoms with van der Waals surface area (Å²) in [7, 11) is 2.02. The highest BCUT2D eigenvalue weighted by Gasteiger charge is 2.45. The zero-order chi connectivity index (χ0) is 11.9. The Labute approximate surface area is 110 Å². The molecule has 2 aromatic rings. The normalized spacial score (nSPS) is 17.3. The molecule has 0 amide bonds. The van der Waals surface area contributed by atoms with Gasteiger partial charge in [0.2, 0.25) is 0 Å². The van der Waals surface area contributed by atoms with Crippen molar-refractivity contribution in [1.29, 1.82) is 0 Å². The summed E-state index contributed by atoms with van der Waals surface area (Å²) < 4.78 is 0. The van der Waals surface area contributed by atoms with E-state index in [4.69, 9.17) is 4.98 Å². The van der Waals surface area contributed by atoms with Gasteiger partial charge in [0, 0.05) is 17.3 Å². The molecule has 0 unspecified atom stereocenters. The smallest absolute Gasteiger partial charge is 0.133 e. The van der Waals surface area contributed by atoms with Gasteiger partial charge in [-0.05, 0) is 43.8 Å². The van der Waals surface area contributed by atoms with Crippen LogP contribution in [0.3, 0.4) is 0 Å². The summed E-state index contributed by atoms with van der Waals surface area (Å²) in [6.45, 7) is 3.22. The van der Waals surface area contributed by atoms with E-state index < -0.39 is 0 Å². The zero-order valence-electron chi connectivity index (χ0n) is 10.1. The highest BCUT2D eigenvalue weighted by Crippen LogP contribution is 2.48. The minimum atomic E-state index is 0.342. The molecule has 3 rings (SSSR count). The first kappa shape index (κ1) is 11.4. The molecule has 2 heterocycles. The van der Waals surface area contributed by atoms with Crippen LogP contribution >= 0.6 is 22.7 Å². The lowest BCUT2D eigenvalue weighted by atomic mass is 10.0. The molecular formula is C13H16N2S2. The Morgan fingerprint density at radius 1 is 1.41 bits per heavy atom. The summed E-state index contributed by atoms with van der Waals surface area (Å²) in [6, 6.07) is 2.17. The number of aromatic nitrogens is 1. The number of hydrogen-bond donors (Lipinski definition) is 1. The fourth-order valence-corrected chi connectivity index (χ4v) is 4.27. The highest BCUT2D eigenvalue weighted by molar-refractivity contribution is 7.20. The van der Waals surface area contributed by atoms with Crippen LogP contribution in [-0.4, -0.2) is 18.6 Å². The largest absolute Gasteiger partial charge is 0.319 e. The van der Waals surface area contributed by atoms with Crippen molar-refractivity contribution in [1.82, 2.24) is 10.3 Å². The van der Waals surface area contributed by atoms with Crippen molar-refractivity contribution in [3.05, 3.63) is 28.1 Å². The van der Waals surface area contributed by atoms with Crippen molar-refractivity contribution in [3.63, 3.8) is 0 Å². The van der Waals surface area contributed by atoms with E-state index in [2.05, 4.69) is 29.1 Å². The maximum atomic E-state index is 4.86. The van der Waals surface area contributed by atoms with Crippen LogP contribution in [-0.2, 0) is 5.41 Å². The second kappa shape index (κ2) is 4.19. The van der Waals surface area contributed by atoms with Crippen molar-refractivity contribution in [2.24, 2.45) is 0 Å². The molecule has 1 N–H and O–H groups in total. The Bertz CT molecular complexity index is 523. The van der Waals surface area contributed by atoms with E-state index >= 15 is 0 Å². The fourth-order valence-electron chi connectivity index (χ4n) is 2.23. The molecule has 0 aliphatic heterocycles. The van der Waals surface area contributed by atoms with Crippen LogP contribution in [0.4, 0.5) is 0 Å². The van der Waals surface area contributed by atoms with Gasteiger partial charge in [-0.15, -0.1) is 22.7 Å². The lowest BCUT2D eigenvalue weighted by Gasteiger charge is -2.10. The summed E-state index contributed by atoms with van der Waals surface area (Å²) in [4.78, 5) is 6.19. The number of nitrogens with zero attached hydrogens (tertiary/aromatic N) is 1. The minimum absolute atomic E-state index is 0.342. The molecule has 0 saturated heterocycles. The molecule has 1 aliphatic carbocycles. The maximum Gasteiger partial charge on any atom is 0.133 e. The average molecular weight is 264 g/mol. The van der Waals surface area contributed by atoms with Crippen molar-refractivity contribution in [2.75, 3.05) is 13.6 Å². The molecule has 2 nitrogen and oxygen atoms in total. The van der Waals surface area contributed by atoms with Crippen molar-refractivity contribution >= 4 is 22.7 Å². The Hall–Kier alpha value is -0.710. The summed E-state index contributed by atoms with van der Waals surface area (Å²) in [6.07, 6.45) is 2.56. The van der Waals surface area contributed by atoms with Crippen LogP contribution in [0.2, 0.25) is 0 Å². The number of likely N-dealkylation sites (N-methyl/N-ethyl adjacent to an activating group) is 1. The first-order valence-electron chi connectivity index (χ1n) is 5.90. The van der Waals surface area contributed by atoms with Crippen molar-refractivity contribution in [3.8, 4) is 9.88 Å². The van der Waals surface area contributed by atoms with Gasteiger partial charge < -0.3 is 5.32 Å². The third-order valence-electron chi connectivity index (χ3n) is 3.47. The number of thiazole rings is 1. The van der Waals surface area contributed by atoms with Gasteiger partial charge in [-0.2, -0.15) is 0 Å². The third-order valence-corrected chi connectivity index (χ3v) is 5.48. The lowest BCUT2D eigenvalue weighted by molar-refractivity contribution is 0.611. The Kier molecular flexibility index (Phi) is 2.81. The van der Waals surface area contributed by atoms with Crippen LogP contribution in [0.25, 0.3) is 9.88 Å². The third kappa shape index (κ3) is 1.94. The lowest BCUT2D eigenvalue weighted by Crippen LogP contribution is -2.23. The first-order chi connectivity index (χ1) is 8.25. The van der Waals surface area contributed by atoms with E-state index in [0.29, 0.717) is 5.41 Å². The van der Waals surface area contributed by atoms with Gasteiger partial charge in [-0.3, -0.25) is 0 Å². The van der Waals surface area contributed by atoms with Gasteiger partial charge in [-0.1, -0.05) is 0 Å². The van der Waals surface area contributed by atoms with Gasteiger partial charge in [0.15, 0.2) is 0 Å². The molecule has 0 atom stereocenters. The Morgan fingerprint density at radius 3 is 2.82 bits per heavy atom. The van der Waals surface area contributed by atoms with Gasteiger partial charge in [0.1, 0.15) is 5.01 Å². The molecule has 1 aliphatic rings. The predicted molar refractivity (Wildman–Crippen MR) is 75.0 cm³/mol. The Balaban J connectivity index is 1.91. The van der Waals surface area contributed by atoms with Crippen LogP contribution in [0.5, 0.6) is 0 Å². The van der Waals surface area contributed by atoms with E-state index in [-0.39, 0.29) is 0 Å². The fraction of sp³-hybridized carbons (Fsp3) is 0.462. The second-order valence-corrected chi connectivity index (χ2v) is 6.56. The number of hydrogen-bond acceptors (Lipinski definition) is 4. The number of aryl methyl sites for hydroxylation is 1. The molecule has 0 bridgehead atoms. The van der Waals surface area contributed by atoms with Gasteiger partial charge in [-0.25, -0.2) is 4.98 Å².